The number of nitrogens with zero attached hydrogens (tertiary/aromatic N) is 1. The molecule has 0 spiro atoms. The molecule has 0 heterocycles. The molecule has 19 heavy (non-hydrogen) atoms. The summed E-state index contributed by atoms with van der Waals surface area (Å²) in [5.41, 5.74) is -0.390. The fraction of sp³-hybridized carbons (Fsp3) is 0.500. The average Bonchev–Trinajstić information content (AvgIpc) is 2.30. The van der Waals surface area contributed by atoms with Gasteiger partial charge in [0.05, 0.1) is 22.1 Å². The summed E-state index contributed by atoms with van der Waals surface area (Å²) in [4.78, 5) is 10.2. The Balaban J connectivity index is 2.08. The van der Waals surface area contributed by atoms with Crippen LogP contribution in [-0.2, 0) is 0 Å². The molecule has 1 aliphatic rings. The van der Waals surface area contributed by atoms with Crippen molar-refractivity contribution in [2.24, 2.45) is 5.92 Å². The van der Waals surface area contributed by atoms with Gasteiger partial charge in [-0.3, -0.25) is 10.1 Å². The van der Waals surface area contributed by atoms with Crippen LogP contribution in [0.3, 0.4) is 0 Å². The lowest BCUT2D eigenvalue weighted by molar-refractivity contribution is -0.386. The largest absolute Gasteiger partial charge is 0.483 e. The number of nitro benzene ring substituents is 1. The van der Waals surface area contributed by atoms with Crippen molar-refractivity contribution in [1.29, 1.82) is 0 Å². The summed E-state index contributed by atoms with van der Waals surface area (Å²) in [5.74, 6) is -0.267. The first-order valence-electron chi connectivity index (χ1n) is 5.96. The van der Waals surface area contributed by atoms with E-state index in [0.717, 1.165) is 25.5 Å². The van der Waals surface area contributed by atoms with Crippen LogP contribution >= 0.6 is 11.6 Å². The maximum atomic E-state index is 13.2. The molecule has 0 aliphatic heterocycles. The van der Waals surface area contributed by atoms with Crippen molar-refractivity contribution in [1.82, 2.24) is 5.32 Å². The SMILES string of the molecule is CNCC1CC(Oc2cc(Cl)c(F)cc2[N+](=O)[O-])C1. The molecule has 7 heteroatoms. The summed E-state index contributed by atoms with van der Waals surface area (Å²) in [5, 5.41) is 13.7. The van der Waals surface area contributed by atoms with Gasteiger partial charge in [0.25, 0.3) is 0 Å². The fourth-order valence-corrected chi connectivity index (χ4v) is 2.31. The van der Waals surface area contributed by atoms with E-state index in [0.29, 0.717) is 5.92 Å². The molecule has 1 fully saturated rings. The maximum Gasteiger partial charge on any atom is 0.313 e. The molecular formula is C12H14ClFN2O3. The molecule has 1 aromatic rings. The Kier molecular flexibility index (Phi) is 4.21. The molecule has 5 nitrogen and oxygen atoms in total. The van der Waals surface area contributed by atoms with Crippen LogP contribution in [0, 0.1) is 21.8 Å². The highest BCUT2D eigenvalue weighted by molar-refractivity contribution is 6.31. The molecule has 0 bridgehead atoms. The molecule has 0 unspecified atom stereocenters. The molecule has 2 rings (SSSR count). The third-order valence-corrected chi connectivity index (χ3v) is 3.47. The highest BCUT2D eigenvalue weighted by Gasteiger charge is 2.32. The Morgan fingerprint density at radius 1 is 1.58 bits per heavy atom. The molecule has 104 valence electrons. The molecule has 0 aromatic heterocycles. The van der Waals surface area contributed by atoms with E-state index >= 15 is 0 Å². The van der Waals surface area contributed by atoms with Gasteiger partial charge in [0.2, 0.25) is 0 Å². The van der Waals surface area contributed by atoms with Gasteiger partial charge in [-0.2, -0.15) is 0 Å². The summed E-state index contributed by atoms with van der Waals surface area (Å²) in [6.07, 6.45) is 1.58. The number of nitrogens with one attached hydrogen (secondary N) is 1. The quantitative estimate of drug-likeness (QED) is 0.668. The van der Waals surface area contributed by atoms with E-state index in [4.69, 9.17) is 16.3 Å². The van der Waals surface area contributed by atoms with Crippen LogP contribution in [0.2, 0.25) is 5.02 Å². The van der Waals surface area contributed by atoms with Gasteiger partial charge < -0.3 is 10.1 Å². The average molecular weight is 289 g/mol. The number of hydrogen-bond donors (Lipinski definition) is 1. The van der Waals surface area contributed by atoms with Crippen molar-refractivity contribution in [3.8, 4) is 5.75 Å². The predicted octanol–water partition coefficient (Wildman–Crippen LogP) is 2.76. The van der Waals surface area contributed by atoms with Crippen molar-refractivity contribution in [2.75, 3.05) is 13.6 Å². The Bertz CT molecular complexity index is 492. The van der Waals surface area contributed by atoms with Gasteiger partial charge in [0.1, 0.15) is 5.82 Å². The number of rotatable bonds is 5. The normalized spacial score (nSPS) is 21.8. The van der Waals surface area contributed by atoms with Gasteiger partial charge in [0, 0.05) is 6.07 Å². The highest BCUT2D eigenvalue weighted by atomic mass is 35.5. The van der Waals surface area contributed by atoms with E-state index in [9.17, 15) is 14.5 Å². The molecule has 0 atom stereocenters. The van der Waals surface area contributed by atoms with Gasteiger partial charge in [-0.1, -0.05) is 11.6 Å². The summed E-state index contributed by atoms with van der Waals surface area (Å²) in [7, 11) is 1.87. The summed E-state index contributed by atoms with van der Waals surface area (Å²) in [6.45, 7) is 0.895. The Hall–Kier alpha value is -1.40. The van der Waals surface area contributed by atoms with Crippen molar-refractivity contribution in [3.05, 3.63) is 33.1 Å². The Morgan fingerprint density at radius 2 is 2.26 bits per heavy atom. The van der Waals surface area contributed by atoms with Gasteiger partial charge in [-0.15, -0.1) is 0 Å². The third kappa shape index (κ3) is 3.13. The first kappa shape index (κ1) is 14.0. The van der Waals surface area contributed by atoms with E-state index in [1.807, 2.05) is 7.05 Å². The summed E-state index contributed by atoms with van der Waals surface area (Å²) < 4.78 is 18.7. The van der Waals surface area contributed by atoms with Crippen LogP contribution in [0.25, 0.3) is 0 Å². The smallest absolute Gasteiger partial charge is 0.313 e. The number of ether oxygens (including phenoxy) is 1. The topological polar surface area (TPSA) is 64.4 Å². The minimum atomic E-state index is -0.817. The lowest BCUT2D eigenvalue weighted by atomic mass is 9.82. The molecule has 0 radical (unpaired) electrons. The van der Waals surface area contributed by atoms with Gasteiger partial charge >= 0.3 is 5.69 Å². The van der Waals surface area contributed by atoms with E-state index < -0.39 is 10.7 Å². The summed E-state index contributed by atoms with van der Waals surface area (Å²) in [6, 6.07) is 1.96. The minimum absolute atomic E-state index is 0.0318. The molecule has 1 aliphatic carbocycles. The van der Waals surface area contributed by atoms with E-state index in [-0.39, 0.29) is 22.6 Å². The lowest BCUT2D eigenvalue weighted by Gasteiger charge is -2.35. The van der Waals surface area contributed by atoms with E-state index in [1.165, 1.54) is 6.07 Å². The highest BCUT2D eigenvalue weighted by Crippen LogP contribution is 2.37. The van der Waals surface area contributed by atoms with Crippen LogP contribution in [0.4, 0.5) is 10.1 Å². The number of hydrogen-bond acceptors (Lipinski definition) is 4. The zero-order chi connectivity index (χ0) is 14.0. The van der Waals surface area contributed by atoms with Crippen LogP contribution in [0.1, 0.15) is 12.8 Å². The first-order valence-corrected chi connectivity index (χ1v) is 6.33. The standard InChI is InChI=1S/C12H14ClFN2O3/c1-15-6-7-2-8(3-7)19-12-4-9(13)10(14)5-11(12)16(17)18/h4-5,7-8,15H,2-3,6H2,1H3. The molecule has 1 aromatic carbocycles. The van der Waals surface area contributed by atoms with Crippen molar-refractivity contribution < 1.29 is 14.1 Å². The molecule has 0 saturated heterocycles. The number of benzene rings is 1. The fourth-order valence-electron chi connectivity index (χ4n) is 2.16. The van der Waals surface area contributed by atoms with Crippen molar-refractivity contribution >= 4 is 17.3 Å². The van der Waals surface area contributed by atoms with E-state index in [2.05, 4.69) is 5.32 Å². The predicted molar refractivity (Wildman–Crippen MR) is 69.1 cm³/mol. The number of halogens is 2. The Morgan fingerprint density at radius 3 is 2.84 bits per heavy atom. The lowest BCUT2D eigenvalue weighted by Crippen LogP contribution is -2.38. The van der Waals surface area contributed by atoms with E-state index in [1.54, 1.807) is 0 Å². The third-order valence-electron chi connectivity index (χ3n) is 3.18. The van der Waals surface area contributed by atoms with Crippen LogP contribution < -0.4 is 10.1 Å². The summed E-state index contributed by atoms with van der Waals surface area (Å²) >= 11 is 5.63. The van der Waals surface area contributed by atoms with Crippen molar-refractivity contribution in [2.45, 2.75) is 18.9 Å². The molecule has 0 amide bonds. The maximum absolute atomic E-state index is 13.2. The van der Waals surface area contributed by atoms with Crippen LogP contribution in [0.5, 0.6) is 5.75 Å². The van der Waals surface area contributed by atoms with Crippen LogP contribution in [-0.4, -0.2) is 24.6 Å². The van der Waals surface area contributed by atoms with Gasteiger partial charge in [-0.25, -0.2) is 4.39 Å². The van der Waals surface area contributed by atoms with Gasteiger partial charge in [-0.05, 0) is 32.4 Å². The van der Waals surface area contributed by atoms with Gasteiger partial charge in [0.15, 0.2) is 5.75 Å². The second kappa shape index (κ2) is 5.71. The zero-order valence-corrected chi connectivity index (χ0v) is 11.1. The van der Waals surface area contributed by atoms with Crippen molar-refractivity contribution in [3.63, 3.8) is 0 Å². The first-order chi connectivity index (χ1) is 9.01. The molecule has 1 saturated carbocycles. The number of nitro groups is 1. The second-order valence-corrected chi connectivity index (χ2v) is 5.03. The Labute approximate surface area is 114 Å². The second-order valence-electron chi connectivity index (χ2n) is 4.63. The zero-order valence-electron chi connectivity index (χ0n) is 10.4. The molecular weight excluding hydrogens is 275 g/mol. The monoisotopic (exact) mass is 288 g/mol. The molecule has 1 N–H and O–H groups in total. The van der Waals surface area contributed by atoms with Crippen LogP contribution in [0.15, 0.2) is 12.1 Å². The minimum Gasteiger partial charge on any atom is -0.483 e.